The molecule has 0 spiro atoms. The first kappa shape index (κ1) is 28.1. The Hall–Kier alpha value is -4.16. The van der Waals surface area contributed by atoms with Crippen LogP contribution in [0.1, 0.15) is 20.7 Å². The number of rotatable bonds is 14. The molecular formula is C24H30N4O8. The topological polar surface area (TPSA) is 181 Å². The number of esters is 2. The number of hydrogen-bond donors (Lipinski definition) is 4. The van der Waals surface area contributed by atoms with Crippen LogP contribution < -0.4 is 22.1 Å². The molecule has 6 N–H and O–H groups in total. The molecule has 0 aromatic heterocycles. The molecule has 0 saturated heterocycles. The lowest BCUT2D eigenvalue weighted by molar-refractivity contribution is -0.139. The Labute approximate surface area is 208 Å². The summed E-state index contributed by atoms with van der Waals surface area (Å²) in [7, 11) is 0. The molecule has 12 nitrogen and oxygen atoms in total. The van der Waals surface area contributed by atoms with Crippen LogP contribution in [0.5, 0.6) is 0 Å². The minimum absolute atomic E-state index is 0.0150. The number of amides is 2. The first-order valence-corrected chi connectivity index (χ1v) is 11.1. The molecule has 0 atom stereocenters. The van der Waals surface area contributed by atoms with Crippen molar-refractivity contribution < 1.29 is 38.1 Å². The first-order valence-electron chi connectivity index (χ1n) is 11.1. The summed E-state index contributed by atoms with van der Waals surface area (Å²) in [5.74, 6) is -2.74. The van der Waals surface area contributed by atoms with Crippen molar-refractivity contribution in [3.63, 3.8) is 0 Å². The molecule has 12 heteroatoms. The third-order valence-electron chi connectivity index (χ3n) is 4.55. The third kappa shape index (κ3) is 9.99. The van der Waals surface area contributed by atoms with E-state index < -0.39 is 23.8 Å². The highest BCUT2D eigenvalue weighted by molar-refractivity contribution is 6.35. The van der Waals surface area contributed by atoms with Gasteiger partial charge in [0.1, 0.15) is 13.2 Å². The minimum Gasteiger partial charge on any atom is -0.460 e. The molecule has 2 amide bonds. The second kappa shape index (κ2) is 15.7. The number of nitrogens with two attached hydrogens (primary N) is 2. The molecule has 0 aliphatic carbocycles. The molecule has 0 aliphatic heterocycles. The summed E-state index contributed by atoms with van der Waals surface area (Å²) in [4.78, 5) is 47.2. The fourth-order valence-corrected chi connectivity index (χ4v) is 2.75. The van der Waals surface area contributed by atoms with Crippen molar-refractivity contribution in [3.05, 3.63) is 59.7 Å². The molecule has 36 heavy (non-hydrogen) atoms. The van der Waals surface area contributed by atoms with E-state index in [-0.39, 0.29) is 63.9 Å². The number of carbonyl (C=O) groups excluding carboxylic acids is 4. The van der Waals surface area contributed by atoms with Gasteiger partial charge < -0.3 is 41.0 Å². The van der Waals surface area contributed by atoms with E-state index in [1.54, 1.807) is 48.5 Å². The van der Waals surface area contributed by atoms with Crippen molar-refractivity contribution in [2.45, 2.75) is 0 Å². The maximum Gasteiger partial charge on any atom is 0.340 e. The van der Waals surface area contributed by atoms with Crippen LogP contribution in [0.25, 0.3) is 0 Å². The second-order valence-electron chi connectivity index (χ2n) is 7.18. The van der Waals surface area contributed by atoms with E-state index in [0.717, 1.165) is 0 Å². The zero-order valence-electron chi connectivity index (χ0n) is 19.7. The molecule has 0 fully saturated rings. The van der Waals surface area contributed by atoms with E-state index in [1.807, 2.05) is 0 Å². The minimum atomic E-state index is -0.820. The SMILES string of the molecule is Nc1ccccc1C(=O)OCCOCCNC(=O)C(=O)NCCOCCOC(=O)c1ccccc1N. The van der Waals surface area contributed by atoms with Crippen molar-refractivity contribution in [1.29, 1.82) is 0 Å². The molecule has 0 unspecified atom stereocenters. The van der Waals surface area contributed by atoms with Crippen molar-refractivity contribution in [2.24, 2.45) is 0 Å². The molecule has 194 valence electrons. The molecule has 2 aromatic carbocycles. The van der Waals surface area contributed by atoms with Crippen molar-refractivity contribution in [3.8, 4) is 0 Å². The maximum atomic E-state index is 11.9. The van der Waals surface area contributed by atoms with Gasteiger partial charge in [0.05, 0.1) is 37.6 Å². The quantitative estimate of drug-likeness (QED) is 0.120. The Morgan fingerprint density at radius 3 is 1.36 bits per heavy atom. The van der Waals surface area contributed by atoms with Crippen LogP contribution in [0.15, 0.2) is 48.5 Å². The van der Waals surface area contributed by atoms with Crippen LogP contribution in [-0.2, 0) is 28.5 Å². The zero-order valence-corrected chi connectivity index (χ0v) is 19.7. The number of benzene rings is 2. The molecule has 0 heterocycles. The highest BCUT2D eigenvalue weighted by Gasteiger charge is 2.13. The fraction of sp³-hybridized carbons (Fsp3) is 0.333. The smallest absolute Gasteiger partial charge is 0.340 e. The molecular weight excluding hydrogens is 472 g/mol. The molecule has 0 bridgehead atoms. The Balaban J connectivity index is 1.43. The van der Waals surface area contributed by atoms with Gasteiger partial charge in [-0.3, -0.25) is 9.59 Å². The normalized spacial score (nSPS) is 10.3. The third-order valence-corrected chi connectivity index (χ3v) is 4.55. The van der Waals surface area contributed by atoms with Crippen molar-refractivity contribution in [1.82, 2.24) is 10.6 Å². The summed E-state index contributed by atoms with van der Waals surface area (Å²) in [6.45, 7) is 0.709. The van der Waals surface area contributed by atoms with Crippen LogP contribution in [-0.4, -0.2) is 76.5 Å². The maximum absolute atomic E-state index is 11.9. The Kier molecular flexibility index (Phi) is 12.2. The summed E-state index contributed by atoms with van der Waals surface area (Å²) >= 11 is 0. The van der Waals surface area contributed by atoms with E-state index >= 15 is 0 Å². The van der Waals surface area contributed by atoms with Crippen LogP contribution in [0, 0.1) is 0 Å². The number of carbonyl (C=O) groups is 4. The number of ether oxygens (including phenoxy) is 4. The van der Waals surface area contributed by atoms with Gasteiger partial charge >= 0.3 is 23.8 Å². The van der Waals surface area contributed by atoms with Crippen LogP contribution in [0.4, 0.5) is 11.4 Å². The summed E-state index contributed by atoms with van der Waals surface area (Å²) in [6.07, 6.45) is 0. The van der Waals surface area contributed by atoms with Gasteiger partial charge in [-0.05, 0) is 24.3 Å². The highest BCUT2D eigenvalue weighted by Crippen LogP contribution is 2.12. The molecule has 2 aromatic rings. The summed E-state index contributed by atoms with van der Waals surface area (Å²) in [5, 5.41) is 4.80. The zero-order chi connectivity index (χ0) is 26.2. The van der Waals surface area contributed by atoms with Gasteiger partial charge in [-0.15, -0.1) is 0 Å². The summed E-state index contributed by atoms with van der Waals surface area (Å²) < 4.78 is 20.6. The fourth-order valence-electron chi connectivity index (χ4n) is 2.75. The van der Waals surface area contributed by atoms with Gasteiger partial charge in [-0.2, -0.15) is 0 Å². The van der Waals surface area contributed by atoms with Gasteiger partial charge in [-0.1, -0.05) is 24.3 Å². The van der Waals surface area contributed by atoms with Crippen LogP contribution in [0.2, 0.25) is 0 Å². The van der Waals surface area contributed by atoms with Crippen molar-refractivity contribution >= 4 is 35.1 Å². The lowest BCUT2D eigenvalue weighted by atomic mass is 10.2. The molecule has 0 radical (unpaired) electrons. The van der Waals surface area contributed by atoms with Crippen LogP contribution in [0.3, 0.4) is 0 Å². The van der Waals surface area contributed by atoms with Gasteiger partial charge in [0.15, 0.2) is 0 Å². The van der Waals surface area contributed by atoms with Gasteiger partial charge in [-0.25, -0.2) is 9.59 Å². The Morgan fingerprint density at radius 2 is 0.972 bits per heavy atom. The van der Waals surface area contributed by atoms with E-state index in [2.05, 4.69) is 10.6 Å². The van der Waals surface area contributed by atoms with Gasteiger partial charge in [0.2, 0.25) is 0 Å². The predicted octanol–water partition coefficient (Wildman–Crippen LogP) is 0.130. The van der Waals surface area contributed by atoms with E-state index in [1.165, 1.54) is 0 Å². The van der Waals surface area contributed by atoms with E-state index in [0.29, 0.717) is 11.4 Å². The molecule has 0 saturated carbocycles. The average Bonchev–Trinajstić information content (AvgIpc) is 2.87. The summed E-state index contributed by atoms with van der Waals surface area (Å²) in [5.41, 5.74) is 12.6. The monoisotopic (exact) mass is 502 g/mol. The number of para-hydroxylation sites is 2. The lowest BCUT2D eigenvalue weighted by Crippen LogP contribution is -2.42. The van der Waals surface area contributed by atoms with Crippen LogP contribution >= 0.6 is 0 Å². The number of nitrogens with one attached hydrogen (secondary N) is 2. The lowest BCUT2D eigenvalue weighted by Gasteiger charge is -2.09. The Morgan fingerprint density at radius 1 is 0.583 bits per heavy atom. The summed E-state index contributed by atoms with van der Waals surface area (Å²) in [6, 6.07) is 13.1. The number of anilines is 2. The standard InChI is InChI=1S/C24H30N4O8/c25-19-7-3-1-5-17(19)23(31)35-15-13-33-11-9-27-21(29)22(30)28-10-12-34-14-16-36-24(32)18-6-2-4-8-20(18)26/h1-8H,9-16,25-26H2,(H,27,29)(H,28,30). The number of hydrogen-bond acceptors (Lipinski definition) is 10. The number of nitrogen functional groups attached to an aromatic ring is 2. The van der Waals surface area contributed by atoms with Crippen molar-refractivity contribution in [2.75, 3.05) is 64.2 Å². The van der Waals surface area contributed by atoms with E-state index in [4.69, 9.17) is 30.4 Å². The molecule has 0 aliphatic rings. The van der Waals surface area contributed by atoms with Gasteiger partial charge in [0.25, 0.3) is 0 Å². The average molecular weight is 503 g/mol. The second-order valence-corrected chi connectivity index (χ2v) is 7.18. The molecule has 2 rings (SSSR count). The van der Waals surface area contributed by atoms with E-state index in [9.17, 15) is 19.2 Å². The Bertz CT molecular complexity index is 949. The first-order chi connectivity index (χ1) is 17.4. The predicted molar refractivity (Wildman–Crippen MR) is 130 cm³/mol. The highest BCUT2D eigenvalue weighted by atomic mass is 16.6. The largest absolute Gasteiger partial charge is 0.460 e. The van der Waals surface area contributed by atoms with Gasteiger partial charge in [0, 0.05) is 24.5 Å².